The predicted octanol–water partition coefficient (Wildman–Crippen LogP) is 4.04. The Balaban J connectivity index is 1.49. The van der Waals surface area contributed by atoms with Gasteiger partial charge in [0.05, 0.1) is 19.8 Å². The number of benzene rings is 2. The van der Waals surface area contributed by atoms with E-state index < -0.39 is 0 Å². The van der Waals surface area contributed by atoms with E-state index in [4.69, 9.17) is 9.47 Å². The van der Waals surface area contributed by atoms with E-state index in [0.717, 1.165) is 43.0 Å². The molecule has 1 atom stereocenters. The standard InChI is InChI=1S/C23H28N2O3/c1-2-25(19-8-4-3-5-9-19)23(26)17-24-13-6-10-20(24)18-11-12-21-22(16-18)28-15-7-14-27-21/h3-5,8-9,11-12,16,20H,2,6-7,10,13-15,17H2,1H3/t20-/m1/s1. The first kappa shape index (κ1) is 18.8. The summed E-state index contributed by atoms with van der Waals surface area (Å²) in [7, 11) is 0. The van der Waals surface area contributed by atoms with E-state index in [0.29, 0.717) is 26.3 Å². The highest BCUT2D eigenvalue weighted by Crippen LogP contribution is 2.37. The van der Waals surface area contributed by atoms with Crippen molar-refractivity contribution in [2.24, 2.45) is 0 Å². The van der Waals surface area contributed by atoms with Crippen molar-refractivity contribution in [2.75, 3.05) is 37.7 Å². The van der Waals surface area contributed by atoms with E-state index in [1.807, 2.05) is 48.2 Å². The number of hydrogen-bond acceptors (Lipinski definition) is 4. The number of likely N-dealkylation sites (tertiary alicyclic amines) is 1. The SMILES string of the molecule is CCN(C(=O)CN1CCC[C@@H]1c1ccc2c(c1)OCCCO2)c1ccccc1. The fourth-order valence-electron chi connectivity index (χ4n) is 4.15. The third-order valence-corrected chi connectivity index (χ3v) is 5.54. The highest BCUT2D eigenvalue weighted by molar-refractivity contribution is 5.94. The second-order valence-electron chi connectivity index (χ2n) is 7.36. The van der Waals surface area contributed by atoms with E-state index in [2.05, 4.69) is 17.0 Å². The van der Waals surface area contributed by atoms with Crippen molar-refractivity contribution in [3.63, 3.8) is 0 Å². The number of ether oxygens (including phenoxy) is 2. The summed E-state index contributed by atoms with van der Waals surface area (Å²) in [5.74, 6) is 1.80. The fraction of sp³-hybridized carbons (Fsp3) is 0.435. The van der Waals surface area contributed by atoms with Gasteiger partial charge in [-0.05, 0) is 56.1 Å². The van der Waals surface area contributed by atoms with Crippen molar-refractivity contribution < 1.29 is 14.3 Å². The van der Waals surface area contributed by atoms with Crippen LogP contribution in [0.15, 0.2) is 48.5 Å². The summed E-state index contributed by atoms with van der Waals surface area (Å²) in [5, 5.41) is 0. The van der Waals surface area contributed by atoms with E-state index in [9.17, 15) is 4.79 Å². The molecular formula is C23H28N2O3. The van der Waals surface area contributed by atoms with Gasteiger partial charge >= 0.3 is 0 Å². The predicted molar refractivity (Wildman–Crippen MR) is 110 cm³/mol. The minimum atomic E-state index is 0.148. The molecule has 148 valence electrons. The zero-order valence-electron chi connectivity index (χ0n) is 16.5. The largest absolute Gasteiger partial charge is 0.490 e. The number of anilines is 1. The summed E-state index contributed by atoms with van der Waals surface area (Å²) in [5.41, 5.74) is 2.17. The first-order valence-electron chi connectivity index (χ1n) is 10.3. The summed E-state index contributed by atoms with van der Waals surface area (Å²) in [6, 6.07) is 16.4. The van der Waals surface area contributed by atoms with Crippen LogP contribution in [-0.4, -0.2) is 43.7 Å². The highest BCUT2D eigenvalue weighted by Gasteiger charge is 2.30. The molecule has 0 saturated carbocycles. The molecule has 0 bridgehead atoms. The van der Waals surface area contributed by atoms with Gasteiger partial charge in [-0.1, -0.05) is 24.3 Å². The molecule has 0 aromatic heterocycles. The van der Waals surface area contributed by atoms with Crippen LogP contribution < -0.4 is 14.4 Å². The first-order chi connectivity index (χ1) is 13.8. The molecule has 1 fully saturated rings. The Morgan fingerprint density at radius 1 is 1.07 bits per heavy atom. The van der Waals surface area contributed by atoms with Crippen molar-refractivity contribution >= 4 is 11.6 Å². The number of carbonyl (C=O) groups excluding carboxylic acids is 1. The van der Waals surface area contributed by atoms with Gasteiger partial charge in [0.25, 0.3) is 0 Å². The van der Waals surface area contributed by atoms with Gasteiger partial charge in [-0.25, -0.2) is 0 Å². The van der Waals surface area contributed by atoms with Gasteiger partial charge in [0.1, 0.15) is 0 Å². The molecule has 2 aromatic rings. The molecule has 2 aliphatic heterocycles. The first-order valence-corrected chi connectivity index (χ1v) is 10.3. The summed E-state index contributed by atoms with van der Waals surface area (Å²) < 4.78 is 11.6. The Kier molecular flexibility index (Phi) is 5.81. The zero-order valence-corrected chi connectivity index (χ0v) is 16.5. The monoisotopic (exact) mass is 380 g/mol. The number of hydrogen-bond donors (Lipinski definition) is 0. The van der Waals surface area contributed by atoms with Crippen LogP contribution in [0.1, 0.15) is 37.8 Å². The lowest BCUT2D eigenvalue weighted by Gasteiger charge is -2.28. The van der Waals surface area contributed by atoms with Crippen LogP contribution in [0.4, 0.5) is 5.69 Å². The van der Waals surface area contributed by atoms with E-state index in [-0.39, 0.29) is 11.9 Å². The van der Waals surface area contributed by atoms with Crippen LogP contribution >= 0.6 is 0 Å². The Morgan fingerprint density at radius 2 is 1.86 bits per heavy atom. The lowest BCUT2D eigenvalue weighted by molar-refractivity contribution is -0.119. The van der Waals surface area contributed by atoms with Crippen LogP contribution in [0.3, 0.4) is 0 Å². The molecule has 1 amide bonds. The van der Waals surface area contributed by atoms with Gasteiger partial charge in [-0.3, -0.25) is 9.69 Å². The molecule has 0 radical (unpaired) electrons. The van der Waals surface area contributed by atoms with Crippen LogP contribution in [0, 0.1) is 0 Å². The van der Waals surface area contributed by atoms with Gasteiger partial charge in [-0.2, -0.15) is 0 Å². The van der Waals surface area contributed by atoms with Crippen molar-refractivity contribution in [2.45, 2.75) is 32.2 Å². The van der Waals surface area contributed by atoms with Crippen molar-refractivity contribution in [1.29, 1.82) is 0 Å². The lowest BCUT2D eigenvalue weighted by Crippen LogP contribution is -2.40. The Morgan fingerprint density at radius 3 is 2.64 bits per heavy atom. The van der Waals surface area contributed by atoms with Gasteiger partial charge in [0.2, 0.25) is 5.91 Å². The maximum atomic E-state index is 13.0. The molecular weight excluding hydrogens is 352 g/mol. The lowest BCUT2D eigenvalue weighted by atomic mass is 10.0. The second kappa shape index (κ2) is 8.65. The maximum absolute atomic E-state index is 13.0. The normalized spacial score (nSPS) is 19.2. The molecule has 2 heterocycles. The number of carbonyl (C=O) groups is 1. The van der Waals surface area contributed by atoms with Gasteiger partial charge in [0, 0.05) is 24.7 Å². The Hall–Kier alpha value is -2.53. The molecule has 0 aliphatic carbocycles. The number of likely N-dealkylation sites (N-methyl/N-ethyl adjacent to an activating group) is 1. The third kappa shape index (κ3) is 3.99. The molecule has 0 N–H and O–H groups in total. The molecule has 0 spiro atoms. The molecule has 28 heavy (non-hydrogen) atoms. The number of rotatable bonds is 5. The maximum Gasteiger partial charge on any atom is 0.241 e. The molecule has 2 aliphatic rings. The highest BCUT2D eigenvalue weighted by atomic mass is 16.5. The van der Waals surface area contributed by atoms with E-state index >= 15 is 0 Å². The smallest absolute Gasteiger partial charge is 0.241 e. The minimum absolute atomic E-state index is 0.148. The summed E-state index contributed by atoms with van der Waals surface area (Å²) in [6.07, 6.45) is 3.06. The van der Waals surface area contributed by atoms with Crippen LogP contribution in [0.2, 0.25) is 0 Å². The molecule has 5 nitrogen and oxygen atoms in total. The summed E-state index contributed by atoms with van der Waals surface area (Å²) in [4.78, 5) is 17.2. The Bertz CT molecular complexity index is 809. The van der Waals surface area contributed by atoms with Crippen LogP contribution in [0.25, 0.3) is 0 Å². The number of nitrogens with zero attached hydrogens (tertiary/aromatic N) is 2. The topological polar surface area (TPSA) is 42.0 Å². The average molecular weight is 380 g/mol. The summed E-state index contributed by atoms with van der Waals surface area (Å²) >= 11 is 0. The molecule has 2 aromatic carbocycles. The third-order valence-electron chi connectivity index (χ3n) is 5.54. The van der Waals surface area contributed by atoms with Gasteiger partial charge in [-0.15, -0.1) is 0 Å². The average Bonchev–Trinajstić information content (AvgIpc) is 3.04. The quantitative estimate of drug-likeness (QED) is 0.785. The molecule has 0 unspecified atom stereocenters. The zero-order chi connectivity index (χ0) is 19.3. The molecule has 5 heteroatoms. The van der Waals surface area contributed by atoms with E-state index in [1.165, 1.54) is 5.56 Å². The number of amides is 1. The number of para-hydroxylation sites is 1. The van der Waals surface area contributed by atoms with Crippen molar-refractivity contribution in [3.8, 4) is 11.5 Å². The fourth-order valence-corrected chi connectivity index (χ4v) is 4.15. The van der Waals surface area contributed by atoms with Crippen molar-refractivity contribution in [1.82, 2.24) is 4.90 Å². The Labute approximate surface area is 166 Å². The second-order valence-corrected chi connectivity index (χ2v) is 7.36. The minimum Gasteiger partial charge on any atom is -0.490 e. The molecule has 1 saturated heterocycles. The van der Waals surface area contributed by atoms with Gasteiger partial charge in [0.15, 0.2) is 11.5 Å². The van der Waals surface area contributed by atoms with Crippen LogP contribution in [0.5, 0.6) is 11.5 Å². The molecule has 4 rings (SSSR count). The van der Waals surface area contributed by atoms with Gasteiger partial charge < -0.3 is 14.4 Å². The van der Waals surface area contributed by atoms with Crippen molar-refractivity contribution in [3.05, 3.63) is 54.1 Å². The number of fused-ring (bicyclic) bond motifs is 1. The summed E-state index contributed by atoms with van der Waals surface area (Å²) in [6.45, 7) is 5.45. The van der Waals surface area contributed by atoms with Crippen LogP contribution in [-0.2, 0) is 4.79 Å². The van der Waals surface area contributed by atoms with E-state index in [1.54, 1.807) is 0 Å².